The summed E-state index contributed by atoms with van der Waals surface area (Å²) in [6, 6.07) is 8.05. The molecule has 0 aromatic heterocycles. The van der Waals surface area contributed by atoms with Crippen molar-refractivity contribution in [2.45, 2.75) is 46.0 Å². The molecule has 0 saturated carbocycles. The third-order valence-electron chi connectivity index (χ3n) is 4.34. The van der Waals surface area contributed by atoms with Crippen LogP contribution in [-0.4, -0.2) is 25.7 Å². The van der Waals surface area contributed by atoms with Gasteiger partial charge in [0.05, 0.1) is 0 Å². The quantitative estimate of drug-likeness (QED) is 0.772. The fraction of sp³-hybridized carbons (Fsp3) is 0.611. The van der Waals surface area contributed by atoms with Crippen molar-refractivity contribution < 1.29 is 4.79 Å². The summed E-state index contributed by atoms with van der Waals surface area (Å²) in [5.74, 6) is 0.841. The summed E-state index contributed by atoms with van der Waals surface area (Å²) in [6.07, 6.45) is 5.89. The number of unbranched alkanes of at least 4 members (excludes halogenated alkanes) is 2. The zero-order valence-corrected chi connectivity index (χ0v) is 13.9. The molecule has 4 heteroatoms. The standard InChI is InChI=1S/C18H29N3O/c1-3-4-5-12-19-18(22)20-16-6-8-17(9-7-16)21-13-10-15(2)11-14-21/h6-9,15H,3-5,10-14H2,1-2H3,(H2,19,20,22). The maximum absolute atomic E-state index is 11.8. The van der Waals surface area contributed by atoms with Gasteiger partial charge < -0.3 is 15.5 Å². The van der Waals surface area contributed by atoms with E-state index in [0.29, 0.717) is 0 Å². The molecule has 1 fully saturated rings. The van der Waals surface area contributed by atoms with Crippen LogP contribution in [0.4, 0.5) is 16.2 Å². The van der Waals surface area contributed by atoms with Gasteiger partial charge in [0.15, 0.2) is 0 Å². The number of rotatable bonds is 6. The highest BCUT2D eigenvalue weighted by Gasteiger charge is 2.15. The fourth-order valence-corrected chi connectivity index (χ4v) is 2.77. The molecule has 122 valence electrons. The Kier molecular flexibility index (Phi) is 6.56. The number of amides is 2. The molecule has 1 aromatic carbocycles. The minimum Gasteiger partial charge on any atom is -0.372 e. The summed E-state index contributed by atoms with van der Waals surface area (Å²) < 4.78 is 0. The van der Waals surface area contributed by atoms with Gasteiger partial charge >= 0.3 is 6.03 Å². The Hall–Kier alpha value is -1.71. The van der Waals surface area contributed by atoms with E-state index in [1.165, 1.54) is 24.9 Å². The first kappa shape index (κ1) is 16.7. The predicted molar refractivity (Wildman–Crippen MR) is 93.6 cm³/mol. The van der Waals surface area contributed by atoms with Gasteiger partial charge in [-0.2, -0.15) is 0 Å². The second-order valence-corrected chi connectivity index (χ2v) is 6.30. The molecule has 22 heavy (non-hydrogen) atoms. The van der Waals surface area contributed by atoms with E-state index in [2.05, 4.69) is 41.5 Å². The van der Waals surface area contributed by atoms with Gasteiger partial charge in [-0.05, 0) is 49.4 Å². The number of carbonyl (C=O) groups excluding carboxylic acids is 1. The molecule has 4 nitrogen and oxygen atoms in total. The Morgan fingerprint density at radius 2 is 1.86 bits per heavy atom. The van der Waals surface area contributed by atoms with E-state index >= 15 is 0 Å². The lowest BCUT2D eigenvalue weighted by atomic mass is 9.99. The molecule has 2 N–H and O–H groups in total. The van der Waals surface area contributed by atoms with E-state index in [1.807, 2.05) is 12.1 Å². The van der Waals surface area contributed by atoms with Crippen molar-refractivity contribution in [1.82, 2.24) is 5.32 Å². The normalized spacial score (nSPS) is 15.6. The largest absolute Gasteiger partial charge is 0.372 e. The average molecular weight is 303 g/mol. The monoisotopic (exact) mass is 303 g/mol. The molecule has 0 radical (unpaired) electrons. The zero-order valence-electron chi connectivity index (χ0n) is 13.9. The van der Waals surface area contributed by atoms with Crippen molar-refractivity contribution in [3.8, 4) is 0 Å². The molecule has 2 amide bonds. The Balaban J connectivity index is 1.78. The molecule has 1 aliphatic rings. The molecule has 2 rings (SSSR count). The van der Waals surface area contributed by atoms with Crippen molar-refractivity contribution in [3.05, 3.63) is 24.3 Å². The highest BCUT2D eigenvalue weighted by atomic mass is 16.2. The van der Waals surface area contributed by atoms with Crippen LogP contribution in [-0.2, 0) is 0 Å². The van der Waals surface area contributed by atoms with Gasteiger partial charge in [-0.15, -0.1) is 0 Å². The van der Waals surface area contributed by atoms with Crippen LogP contribution in [0.3, 0.4) is 0 Å². The van der Waals surface area contributed by atoms with Crippen LogP contribution in [0.15, 0.2) is 24.3 Å². The first-order valence-corrected chi connectivity index (χ1v) is 8.59. The van der Waals surface area contributed by atoms with Crippen LogP contribution in [0.2, 0.25) is 0 Å². The van der Waals surface area contributed by atoms with Gasteiger partial charge in [-0.3, -0.25) is 0 Å². The van der Waals surface area contributed by atoms with Gasteiger partial charge in [0.2, 0.25) is 0 Å². The van der Waals surface area contributed by atoms with Gasteiger partial charge in [0.1, 0.15) is 0 Å². The van der Waals surface area contributed by atoms with Gasteiger partial charge in [-0.1, -0.05) is 26.7 Å². The number of nitrogens with zero attached hydrogens (tertiary/aromatic N) is 1. The highest BCUT2D eigenvalue weighted by molar-refractivity contribution is 5.89. The Labute approximate surface area is 134 Å². The summed E-state index contributed by atoms with van der Waals surface area (Å²) >= 11 is 0. The van der Waals surface area contributed by atoms with Crippen LogP contribution in [0, 0.1) is 5.92 Å². The van der Waals surface area contributed by atoms with Gasteiger partial charge in [-0.25, -0.2) is 4.79 Å². The lowest BCUT2D eigenvalue weighted by molar-refractivity contribution is 0.252. The van der Waals surface area contributed by atoms with Crippen molar-refractivity contribution in [2.75, 3.05) is 29.9 Å². The fourth-order valence-electron chi connectivity index (χ4n) is 2.77. The third kappa shape index (κ3) is 5.24. The maximum Gasteiger partial charge on any atom is 0.319 e. The van der Waals surface area contributed by atoms with Gasteiger partial charge in [0, 0.05) is 31.0 Å². The molecular weight excluding hydrogens is 274 g/mol. The number of nitrogens with one attached hydrogen (secondary N) is 2. The Bertz CT molecular complexity index is 450. The van der Waals surface area contributed by atoms with Crippen molar-refractivity contribution >= 4 is 17.4 Å². The molecule has 0 spiro atoms. The molecule has 0 unspecified atom stereocenters. The van der Waals surface area contributed by atoms with Gasteiger partial charge in [0.25, 0.3) is 0 Å². The Morgan fingerprint density at radius 3 is 2.50 bits per heavy atom. The number of piperidine rings is 1. The number of carbonyl (C=O) groups is 1. The average Bonchev–Trinajstić information content (AvgIpc) is 2.53. The van der Waals surface area contributed by atoms with Crippen LogP contribution in [0.1, 0.15) is 46.0 Å². The second-order valence-electron chi connectivity index (χ2n) is 6.30. The van der Waals surface area contributed by atoms with Crippen LogP contribution < -0.4 is 15.5 Å². The van der Waals surface area contributed by atoms with E-state index in [9.17, 15) is 4.79 Å². The van der Waals surface area contributed by atoms with E-state index < -0.39 is 0 Å². The number of anilines is 2. The summed E-state index contributed by atoms with van der Waals surface area (Å²) in [5.41, 5.74) is 2.10. The molecule has 1 saturated heterocycles. The minimum atomic E-state index is -0.115. The molecule has 1 aliphatic heterocycles. The first-order chi connectivity index (χ1) is 10.7. The molecule has 0 aliphatic carbocycles. The van der Waals surface area contributed by atoms with Crippen LogP contribution in [0.25, 0.3) is 0 Å². The maximum atomic E-state index is 11.8. The predicted octanol–water partition coefficient (Wildman–Crippen LogP) is 4.23. The molecule has 0 bridgehead atoms. The summed E-state index contributed by atoms with van der Waals surface area (Å²) in [6.45, 7) is 7.48. The lowest BCUT2D eigenvalue weighted by Gasteiger charge is -2.32. The smallest absolute Gasteiger partial charge is 0.319 e. The summed E-state index contributed by atoms with van der Waals surface area (Å²) in [5, 5.41) is 5.78. The van der Waals surface area contributed by atoms with Crippen LogP contribution >= 0.6 is 0 Å². The minimum absolute atomic E-state index is 0.115. The number of benzene rings is 1. The van der Waals surface area contributed by atoms with Crippen molar-refractivity contribution in [2.24, 2.45) is 5.92 Å². The van der Waals surface area contributed by atoms with Crippen LogP contribution in [0.5, 0.6) is 0 Å². The molecule has 1 heterocycles. The Morgan fingerprint density at radius 1 is 1.18 bits per heavy atom. The zero-order chi connectivity index (χ0) is 15.8. The second kappa shape index (κ2) is 8.66. The summed E-state index contributed by atoms with van der Waals surface area (Å²) in [4.78, 5) is 14.2. The number of urea groups is 1. The van der Waals surface area contributed by atoms with E-state index in [0.717, 1.165) is 44.1 Å². The summed E-state index contributed by atoms with van der Waals surface area (Å²) in [7, 11) is 0. The molecule has 0 atom stereocenters. The van der Waals surface area contributed by atoms with Crippen molar-refractivity contribution in [1.29, 1.82) is 0 Å². The topological polar surface area (TPSA) is 44.4 Å². The van der Waals surface area contributed by atoms with E-state index in [1.54, 1.807) is 0 Å². The number of hydrogen-bond donors (Lipinski definition) is 2. The number of hydrogen-bond acceptors (Lipinski definition) is 2. The SMILES string of the molecule is CCCCCNC(=O)Nc1ccc(N2CCC(C)CC2)cc1. The molecule has 1 aromatic rings. The lowest BCUT2D eigenvalue weighted by Crippen LogP contribution is -2.32. The molecular formula is C18H29N3O. The van der Waals surface area contributed by atoms with E-state index in [-0.39, 0.29) is 6.03 Å². The van der Waals surface area contributed by atoms with E-state index in [4.69, 9.17) is 0 Å². The van der Waals surface area contributed by atoms with Crippen molar-refractivity contribution in [3.63, 3.8) is 0 Å². The highest BCUT2D eigenvalue weighted by Crippen LogP contribution is 2.24. The first-order valence-electron chi connectivity index (χ1n) is 8.59. The third-order valence-corrected chi connectivity index (χ3v) is 4.34.